The maximum atomic E-state index is 11.6. The van der Waals surface area contributed by atoms with Gasteiger partial charge in [-0.05, 0) is 48.1 Å². The fourth-order valence-corrected chi connectivity index (χ4v) is 2.42. The number of primary amides is 1. The van der Waals surface area contributed by atoms with Crippen LogP contribution in [-0.4, -0.2) is 17.5 Å². The maximum absolute atomic E-state index is 11.6. The van der Waals surface area contributed by atoms with Crippen molar-refractivity contribution in [2.75, 3.05) is 6.61 Å². The molecule has 1 fully saturated rings. The van der Waals surface area contributed by atoms with E-state index in [1.54, 1.807) is 12.3 Å². The quantitative estimate of drug-likeness (QED) is 0.886. The molecule has 0 unspecified atom stereocenters. The molecule has 0 aliphatic heterocycles. The molecule has 2 N–H and O–H groups in total. The number of ether oxygens (including phenoxy) is 1. The van der Waals surface area contributed by atoms with Crippen molar-refractivity contribution >= 4 is 5.91 Å². The first-order valence-corrected chi connectivity index (χ1v) is 7.19. The van der Waals surface area contributed by atoms with Gasteiger partial charge in [-0.2, -0.15) is 0 Å². The standard InChI is InChI=1S/C17H18N2O2/c18-17(20)16-10-14(5-6-15(16)13-3-4-13)21-9-7-12-2-1-8-19-11-12/h1-2,5-6,8,10-11,13H,3-4,7,9H2,(H2,18,20). The maximum Gasteiger partial charge on any atom is 0.249 e. The highest BCUT2D eigenvalue weighted by atomic mass is 16.5. The SMILES string of the molecule is NC(=O)c1cc(OCCc2cccnc2)ccc1C1CC1. The molecule has 1 aliphatic carbocycles. The van der Waals surface area contributed by atoms with Gasteiger partial charge in [0.05, 0.1) is 6.61 Å². The number of hydrogen-bond donors (Lipinski definition) is 1. The summed E-state index contributed by atoms with van der Waals surface area (Å²) in [5, 5.41) is 0. The van der Waals surface area contributed by atoms with Crippen molar-refractivity contribution in [3.63, 3.8) is 0 Å². The number of aromatic nitrogens is 1. The third-order valence-corrected chi connectivity index (χ3v) is 3.69. The lowest BCUT2D eigenvalue weighted by molar-refractivity contribution is 0.0999. The molecule has 1 aliphatic rings. The lowest BCUT2D eigenvalue weighted by atomic mass is 10.0. The van der Waals surface area contributed by atoms with E-state index in [4.69, 9.17) is 10.5 Å². The monoisotopic (exact) mass is 282 g/mol. The number of nitrogens with two attached hydrogens (primary N) is 1. The number of rotatable bonds is 6. The summed E-state index contributed by atoms with van der Waals surface area (Å²) in [6.45, 7) is 0.548. The summed E-state index contributed by atoms with van der Waals surface area (Å²) in [4.78, 5) is 15.6. The normalized spacial score (nSPS) is 13.9. The van der Waals surface area contributed by atoms with Crippen LogP contribution in [0.1, 0.15) is 40.2 Å². The van der Waals surface area contributed by atoms with Gasteiger partial charge < -0.3 is 10.5 Å². The fraction of sp³-hybridized carbons (Fsp3) is 0.294. The van der Waals surface area contributed by atoms with Gasteiger partial charge in [-0.25, -0.2) is 0 Å². The molecular formula is C17H18N2O2. The van der Waals surface area contributed by atoms with Crippen LogP contribution in [0.15, 0.2) is 42.7 Å². The minimum absolute atomic E-state index is 0.380. The van der Waals surface area contributed by atoms with Gasteiger partial charge in [0.15, 0.2) is 0 Å². The highest BCUT2D eigenvalue weighted by molar-refractivity contribution is 5.95. The van der Waals surface area contributed by atoms with Gasteiger partial charge in [0, 0.05) is 24.4 Å². The van der Waals surface area contributed by atoms with E-state index in [0.29, 0.717) is 23.8 Å². The topological polar surface area (TPSA) is 65.2 Å². The Bertz CT molecular complexity index is 636. The minimum atomic E-state index is -0.380. The number of carbonyl (C=O) groups excluding carboxylic acids is 1. The molecule has 1 amide bonds. The Morgan fingerprint density at radius 3 is 2.86 bits per heavy atom. The Morgan fingerprint density at radius 1 is 1.33 bits per heavy atom. The van der Waals surface area contributed by atoms with Gasteiger partial charge in [0.1, 0.15) is 5.75 Å². The molecule has 2 aromatic rings. The van der Waals surface area contributed by atoms with Gasteiger partial charge in [-0.15, -0.1) is 0 Å². The lowest BCUT2D eigenvalue weighted by Gasteiger charge is -2.10. The first-order chi connectivity index (χ1) is 10.2. The number of hydrogen-bond acceptors (Lipinski definition) is 3. The van der Waals surface area contributed by atoms with E-state index in [1.165, 1.54) is 0 Å². The molecule has 0 saturated heterocycles. The third-order valence-electron chi connectivity index (χ3n) is 3.69. The van der Waals surface area contributed by atoms with Crippen LogP contribution in [0.4, 0.5) is 0 Å². The van der Waals surface area contributed by atoms with E-state index < -0.39 is 0 Å². The molecule has 0 atom stereocenters. The van der Waals surface area contributed by atoms with Crippen LogP contribution in [-0.2, 0) is 6.42 Å². The summed E-state index contributed by atoms with van der Waals surface area (Å²) in [5.74, 6) is 0.809. The van der Waals surface area contributed by atoms with Crippen LogP contribution in [0, 0.1) is 0 Å². The molecular weight excluding hydrogens is 264 g/mol. The Morgan fingerprint density at radius 2 is 2.19 bits per heavy atom. The van der Waals surface area contributed by atoms with E-state index in [9.17, 15) is 4.79 Å². The number of nitrogens with zero attached hydrogens (tertiary/aromatic N) is 1. The predicted molar refractivity (Wildman–Crippen MR) is 80.4 cm³/mol. The number of pyridine rings is 1. The molecule has 1 aromatic heterocycles. The first-order valence-electron chi connectivity index (χ1n) is 7.19. The molecule has 4 heteroatoms. The highest BCUT2D eigenvalue weighted by Gasteiger charge is 2.27. The fourth-order valence-electron chi connectivity index (χ4n) is 2.42. The molecule has 108 valence electrons. The van der Waals surface area contributed by atoms with Crippen molar-refractivity contribution < 1.29 is 9.53 Å². The van der Waals surface area contributed by atoms with Crippen LogP contribution >= 0.6 is 0 Å². The smallest absolute Gasteiger partial charge is 0.249 e. The Kier molecular flexibility index (Phi) is 3.86. The van der Waals surface area contributed by atoms with Crippen molar-refractivity contribution in [3.8, 4) is 5.75 Å². The zero-order chi connectivity index (χ0) is 14.7. The van der Waals surface area contributed by atoms with E-state index in [-0.39, 0.29) is 5.91 Å². The van der Waals surface area contributed by atoms with E-state index in [0.717, 1.165) is 30.4 Å². The van der Waals surface area contributed by atoms with Crippen molar-refractivity contribution in [1.82, 2.24) is 4.98 Å². The minimum Gasteiger partial charge on any atom is -0.493 e. The summed E-state index contributed by atoms with van der Waals surface area (Å²) in [6.07, 6.45) is 6.64. The summed E-state index contributed by atoms with van der Waals surface area (Å²) in [6, 6.07) is 9.58. The summed E-state index contributed by atoms with van der Waals surface area (Å²) in [5.41, 5.74) is 8.24. The Hall–Kier alpha value is -2.36. The molecule has 4 nitrogen and oxygen atoms in total. The van der Waals surface area contributed by atoms with Crippen molar-refractivity contribution in [3.05, 3.63) is 59.4 Å². The molecule has 3 rings (SSSR count). The largest absolute Gasteiger partial charge is 0.493 e. The van der Waals surface area contributed by atoms with Crippen molar-refractivity contribution in [2.45, 2.75) is 25.2 Å². The Labute approximate surface area is 124 Å². The summed E-state index contributed by atoms with van der Waals surface area (Å²) >= 11 is 0. The highest BCUT2D eigenvalue weighted by Crippen LogP contribution is 2.42. The van der Waals surface area contributed by atoms with Crippen LogP contribution in [0.5, 0.6) is 5.75 Å². The van der Waals surface area contributed by atoms with Gasteiger partial charge in [-0.3, -0.25) is 9.78 Å². The number of benzene rings is 1. The summed E-state index contributed by atoms with van der Waals surface area (Å²) in [7, 11) is 0. The predicted octanol–water partition coefficient (Wildman–Crippen LogP) is 2.68. The van der Waals surface area contributed by atoms with E-state index >= 15 is 0 Å². The van der Waals surface area contributed by atoms with Crippen LogP contribution in [0.2, 0.25) is 0 Å². The van der Waals surface area contributed by atoms with Crippen LogP contribution in [0.25, 0.3) is 0 Å². The lowest BCUT2D eigenvalue weighted by Crippen LogP contribution is -2.14. The van der Waals surface area contributed by atoms with Crippen molar-refractivity contribution in [1.29, 1.82) is 0 Å². The van der Waals surface area contributed by atoms with Crippen LogP contribution < -0.4 is 10.5 Å². The zero-order valence-corrected chi connectivity index (χ0v) is 11.8. The molecule has 0 radical (unpaired) electrons. The zero-order valence-electron chi connectivity index (χ0n) is 11.8. The first kappa shape index (κ1) is 13.6. The second kappa shape index (κ2) is 5.95. The van der Waals surface area contributed by atoms with Gasteiger partial charge in [-0.1, -0.05) is 12.1 Å². The second-order valence-electron chi connectivity index (χ2n) is 5.35. The Balaban J connectivity index is 1.65. The average Bonchev–Trinajstić information content (AvgIpc) is 3.33. The van der Waals surface area contributed by atoms with E-state index in [1.807, 2.05) is 30.5 Å². The molecule has 0 bridgehead atoms. The van der Waals surface area contributed by atoms with Crippen LogP contribution in [0.3, 0.4) is 0 Å². The summed E-state index contributed by atoms with van der Waals surface area (Å²) < 4.78 is 5.72. The van der Waals surface area contributed by atoms with Gasteiger partial charge in [0.25, 0.3) is 0 Å². The molecule has 21 heavy (non-hydrogen) atoms. The molecule has 0 spiro atoms. The molecule has 1 aromatic carbocycles. The second-order valence-corrected chi connectivity index (χ2v) is 5.35. The number of carbonyl (C=O) groups is 1. The van der Waals surface area contributed by atoms with Gasteiger partial charge >= 0.3 is 0 Å². The average molecular weight is 282 g/mol. The van der Waals surface area contributed by atoms with Crippen molar-refractivity contribution in [2.24, 2.45) is 5.73 Å². The molecule has 1 heterocycles. The number of amides is 1. The van der Waals surface area contributed by atoms with E-state index in [2.05, 4.69) is 4.98 Å². The van der Waals surface area contributed by atoms with Gasteiger partial charge in [0.2, 0.25) is 5.91 Å². The molecule has 1 saturated carbocycles. The third kappa shape index (κ3) is 3.40.